The Labute approximate surface area is 93.3 Å². The van der Waals surface area contributed by atoms with E-state index in [2.05, 4.69) is 12.2 Å². The van der Waals surface area contributed by atoms with Gasteiger partial charge in [-0.1, -0.05) is 39.5 Å². The number of carbonyl (C=O) groups is 1. The first-order chi connectivity index (χ1) is 7.06. The van der Waals surface area contributed by atoms with Gasteiger partial charge in [-0.25, -0.2) is 0 Å². The van der Waals surface area contributed by atoms with Crippen molar-refractivity contribution >= 4 is 5.97 Å². The minimum absolute atomic E-state index is 0.725. The molecule has 0 heterocycles. The average molecular weight is 215 g/mol. The van der Waals surface area contributed by atoms with E-state index in [0.717, 1.165) is 32.2 Å². The molecule has 15 heavy (non-hydrogen) atoms. The lowest BCUT2D eigenvalue weighted by Crippen LogP contribution is -2.49. The van der Waals surface area contributed by atoms with Gasteiger partial charge >= 0.3 is 5.97 Å². The summed E-state index contributed by atoms with van der Waals surface area (Å²) in [6.45, 7) is 6.77. The van der Waals surface area contributed by atoms with Crippen LogP contribution >= 0.6 is 0 Å². The zero-order chi connectivity index (χ0) is 11.7. The van der Waals surface area contributed by atoms with E-state index in [-0.39, 0.29) is 0 Å². The van der Waals surface area contributed by atoms with Crippen molar-refractivity contribution in [2.75, 3.05) is 6.54 Å². The van der Waals surface area contributed by atoms with Gasteiger partial charge in [0.1, 0.15) is 5.54 Å². The largest absolute Gasteiger partial charge is 0.480 e. The van der Waals surface area contributed by atoms with E-state index in [1.807, 2.05) is 6.92 Å². The van der Waals surface area contributed by atoms with Crippen molar-refractivity contribution in [2.24, 2.45) is 0 Å². The lowest BCUT2D eigenvalue weighted by atomic mass is 9.94. The Balaban J connectivity index is 3.96. The third kappa shape index (κ3) is 5.78. The summed E-state index contributed by atoms with van der Waals surface area (Å²) >= 11 is 0. The molecule has 0 aliphatic rings. The third-order valence-corrected chi connectivity index (χ3v) is 2.77. The SMILES string of the molecule is CCCCCCC(C)(NCCC)C(=O)O. The number of hydrogen-bond donors (Lipinski definition) is 2. The minimum atomic E-state index is -0.732. The van der Waals surface area contributed by atoms with Gasteiger partial charge in [-0.15, -0.1) is 0 Å². The number of carboxylic acids is 1. The predicted molar refractivity (Wildman–Crippen MR) is 63.1 cm³/mol. The molecule has 0 radical (unpaired) electrons. The van der Waals surface area contributed by atoms with Crippen LogP contribution in [-0.4, -0.2) is 23.2 Å². The van der Waals surface area contributed by atoms with Gasteiger partial charge in [-0.05, 0) is 26.3 Å². The summed E-state index contributed by atoms with van der Waals surface area (Å²) in [5.41, 5.74) is -0.732. The molecule has 0 saturated heterocycles. The summed E-state index contributed by atoms with van der Waals surface area (Å²) in [6, 6.07) is 0. The van der Waals surface area contributed by atoms with Crippen LogP contribution < -0.4 is 5.32 Å². The van der Waals surface area contributed by atoms with Gasteiger partial charge in [0, 0.05) is 0 Å². The third-order valence-electron chi connectivity index (χ3n) is 2.77. The standard InChI is InChI=1S/C12H25NO2/c1-4-6-7-8-9-12(3,11(14)15)13-10-5-2/h13H,4-10H2,1-3H3,(H,14,15). The molecule has 3 heteroatoms. The Morgan fingerprint density at radius 1 is 1.20 bits per heavy atom. The number of unbranched alkanes of at least 4 members (excludes halogenated alkanes) is 3. The normalized spacial score (nSPS) is 14.9. The first kappa shape index (κ1) is 14.4. The summed E-state index contributed by atoms with van der Waals surface area (Å²) in [4.78, 5) is 11.1. The molecule has 0 fully saturated rings. The van der Waals surface area contributed by atoms with Gasteiger partial charge in [0.15, 0.2) is 0 Å². The first-order valence-corrected chi connectivity index (χ1v) is 6.05. The zero-order valence-electron chi connectivity index (χ0n) is 10.3. The Morgan fingerprint density at radius 2 is 1.87 bits per heavy atom. The highest BCUT2D eigenvalue weighted by molar-refractivity contribution is 5.78. The number of aliphatic carboxylic acids is 1. The predicted octanol–water partition coefficient (Wildman–Crippen LogP) is 2.80. The van der Waals surface area contributed by atoms with Gasteiger partial charge < -0.3 is 10.4 Å². The summed E-state index contributed by atoms with van der Waals surface area (Å²) in [5.74, 6) is -0.729. The first-order valence-electron chi connectivity index (χ1n) is 6.05. The van der Waals surface area contributed by atoms with Crippen LogP contribution in [0.25, 0.3) is 0 Å². The van der Waals surface area contributed by atoms with E-state index in [4.69, 9.17) is 5.11 Å². The van der Waals surface area contributed by atoms with E-state index in [1.54, 1.807) is 6.92 Å². The Kier molecular flexibility index (Phi) is 7.39. The molecule has 2 N–H and O–H groups in total. The van der Waals surface area contributed by atoms with Crippen LogP contribution in [-0.2, 0) is 4.79 Å². The molecule has 0 saturated carbocycles. The van der Waals surface area contributed by atoms with Crippen molar-refractivity contribution < 1.29 is 9.90 Å². The van der Waals surface area contributed by atoms with Gasteiger partial charge in [-0.2, -0.15) is 0 Å². The second-order valence-corrected chi connectivity index (χ2v) is 4.37. The van der Waals surface area contributed by atoms with E-state index < -0.39 is 11.5 Å². The number of nitrogens with one attached hydrogen (secondary N) is 1. The lowest BCUT2D eigenvalue weighted by molar-refractivity contribution is -0.144. The molecule has 0 aromatic rings. The van der Waals surface area contributed by atoms with Crippen molar-refractivity contribution in [2.45, 2.75) is 64.8 Å². The summed E-state index contributed by atoms with van der Waals surface area (Å²) in [5, 5.41) is 12.3. The Bertz CT molecular complexity index is 182. The van der Waals surface area contributed by atoms with Crippen molar-refractivity contribution in [3.8, 4) is 0 Å². The molecule has 0 rings (SSSR count). The van der Waals surface area contributed by atoms with Gasteiger partial charge in [0.05, 0.1) is 0 Å². The van der Waals surface area contributed by atoms with Gasteiger partial charge in [0.2, 0.25) is 0 Å². The molecule has 0 aliphatic heterocycles. The molecule has 0 bridgehead atoms. The molecule has 3 nitrogen and oxygen atoms in total. The lowest BCUT2D eigenvalue weighted by Gasteiger charge is -2.26. The van der Waals surface area contributed by atoms with Crippen LogP contribution in [0.2, 0.25) is 0 Å². The molecule has 0 amide bonds. The molecular formula is C12H25NO2. The number of hydrogen-bond acceptors (Lipinski definition) is 2. The summed E-state index contributed by atoms with van der Waals surface area (Å²) in [6.07, 6.45) is 6.20. The quantitative estimate of drug-likeness (QED) is 0.581. The highest BCUT2D eigenvalue weighted by Gasteiger charge is 2.31. The summed E-state index contributed by atoms with van der Waals surface area (Å²) < 4.78 is 0. The van der Waals surface area contributed by atoms with E-state index >= 15 is 0 Å². The minimum Gasteiger partial charge on any atom is -0.480 e. The van der Waals surface area contributed by atoms with E-state index in [1.165, 1.54) is 12.8 Å². The van der Waals surface area contributed by atoms with E-state index in [9.17, 15) is 4.79 Å². The van der Waals surface area contributed by atoms with Crippen molar-refractivity contribution in [1.29, 1.82) is 0 Å². The van der Waals surface area contributed by atoms with Crippen molar-refractivity contribution in [1.82, 2.24) is 5.32 Å². The maximum absolute atomic E-state index is 11.1. The molecule has 1 atom stereocenters. The molecule has 0 spiro atoms. The smallest absolute Gasteiger partial charge is 0.323 e. The Morgan fingerprint density at radius 3 is 2.33 bits per heavy atom. The number of rotatable bonds is 9. The fraction of sp³-hybridized carbons (Fsp3) is 0.917. The Hall–Kier alpha value is -0.570. The fourth-order valence-corrected chi connectivity index (χ4v) is 1.58. The van der Waals surface area contributed by atoms with Crippen LogP contribution in [0.3, 0.4) is 0 Å². The molecule has 0 aromatic heterocycles. The monoisotopic (exact) mass is 215 g/mol. The highest BCUT2D eigenvalue weighted by atomic mass is 16.4. The molecule has 0 aliphatic carbocycles. The average Bonchev–Trinajstić information content (AvgIpc) is 2.21. The van der Waals surface area contributed by atoms with Gasteiger partial charge in [0.25, 0.3) is 0 Å². The second kappa shape index (κ2) is 7.69. The van der Waals surface area contributed by atoms with Crippen molar-refractivity contribution in [3.05, 3.63) is 0 Å². The van der Waals surface area contributed by atoms with Crippen molar-refractivity contribution in [3.63, 3.8) is 0 Å². The molecular weight excluding hydrogens is 190 g/mol. The molecule has 90 valence electrons. The van der Waals surface area contributed by atoms with Crippen LogP contribution in [0, 0.1) is 0 Å². The maximum Gasteiger partial charge on any atom is 0.323 e. The second-order valence-electron chi connectivity index (χ2n) is 4.37. The van der Waals surface area contributed by atoms with Gasteiger partial charge in [-0.3, -0.25) is 4.79 Å². The molecule has 0 aromatic carbocycles. The summed E-state index contributed by atoms with van der Waals surface area (Å²) in [7, 11) is 0. The topological polar surface area (TPSA) is 49.3 Å². The highest BCUT2D eigenvalue weighted by Crippen LogP contribution is 2.15. The van der Waals surface area contributed by atoms with Crippen LogP contribution in [0.1, 0.15) is 59.3 Å². The fourth-order valence-electron chi connectivity index (χ4n) is 1.58. The van der Waals surface area contributed by atoms with Crippen LogP contribution in [0.4, 0.5) is 0 Å². The van der Waals surface area contributed by atoms with Crippen LogP contribution in [0.15, 0.2) is 0 Å². The van der Waals surface area contributed by atoms with Crippen LogP contribution in [0.5, 0.6) is 0 Å². The molecule has 1 unspecified atom stereocenters. The number of carboxylic acid groups (broad SMARTS) is 1. The maximum atomic E-state index is 11.1. The zero-order valence-corrected chi connectivity index (χ0v) is 10.3. The van der Waals surface area contributed by atoms with E-state index in [0.29, 0.717) is 0 Å².